The van der Waals surface area contributed by atoms with Crippen LogP contribution in [0.1, 0.15) is 71.3 Å². The Balaban J connectivity index is 0.00000324. The van der Waals surface area contributed by atoms with E-state index in [-0.39, 0.29) is 30.3 Å². The number of hydrogen-bond donors (Lipinski definition) is 1. The second kappa shape index (κ2) is 11.8. The van der Waals surface area contributed by atoms with Crippen LogP contribution in [-0.4, -0.2) is 59.4 Å². The molecule has 0 aromatic heterocycles. The largest absolute Gasteiger partial charge is 0.493 e. The van der Waals surface area contributed by atoms with Crippen molar-refractivity contribution < 1.29 is 14.3 Å². The number of carbonyl (C=O) groups is 2. The summed E-state index contributed by atoms with van der Waals surface area (Å²) < 4.78 is 5.85. The van der Waals surface area contributed by atoms with E-state index in [1.807, 2.05) is 4.90 Å². The number of piperidine rings is 1. The number of halogens is 1. The molecule has 6 nitrogen and oxygen atoms in total. The summed E-state index contributed by atoms with van der Waals surface area (Å²) >= 11 is 0. The number of rotatable bonds is 10. The fourth-order valence-corrected chi connectivity index (χ4v) is 5.17. The quantitative estimate of drug-likeness (QED) is 0.526. The van der Waals surface area contributed by atoms with Gasteiger partial charge in [-0.05, 0) is 68.1 Å². The standard InChI is InChI=1S/C27H41N3O3.ClH/c1-4-5-14-30-25(31)24(17-20(2)3)28-26(32)27(30)12-15-29(16-13-27)18-21-8-10-23(11-9-21)33-19-22-6-7-22;/h8-11,20,22,24H,4-7,12-19H2,1-3H3,(H,28,32);1H. The summed E-state index contributed by atoms with van der Waals surface area (Å²) in [5.41, 5.74) is 0.574. The van der Waals surface area contributed by atoms with E-state index < -0.39 is 5.54 Å². The van der Waals surface area contributed by atoms with E-state index in [0.29, 0.717) is 31.7 Å². The molecule has 1 unspecified atom stereocenters. The average Bonchev–Trinajstić information content (AvgIpc) is 3.63. The van der Waals surface area contributed by atoms with Crippen molar-refractivity contribution in [3.8, 4) is 5.75 Å². The lowest BCUT2D eigenvalue weighted by Gasteiger charge is -2.52. The van der Waals surface area contributed by atoms with Gasteiger partial charge in [-0.2, -0.15) is 0 Å². The molecule has 7 heteroatoms. The van der Waals surface area contributed by atoms with Crippen LogP contribution in [0, 0.1) is 11.8 Å². The number of ether oxygens (including phenoxy) is 1. The molecule has 1 N–H and O–H groups in total. The van der Waals surface area contributed by atoms with Crippen molar-refractivity contribution in [2.24, 2.45) is 11.8 Å². The number of amides is 2. The van der Waals surface area contributed by atoms with Gasteiger partial charge < -0.3 is 15.0 Å². The Hall–Kier alpha value is -1.79. The van der Waals surface area contributed by atoms with Crippen LogP contribution in [0.4, 0.5) is 0 Å². The van der Waals surface area contributed by atoms with E-state index in [0.717, 1.165) is 50.8 Å². The summed E-state index contributed by atoms with van der Waals surface area (Å²) in [6.45, 7) is 10.4. The molecule has 190 valence electrons. The number of unbranched alkanes of at least 4 members (excludes halogenated alkanes) is 1. The summed E-state index contributed by atoms with van der Waals surface area (Å²) in [5.74, 6) is 2.25. The molecule has 3 aliphatic rings. The van der Waals surface area contributed by atoms with Crippen molar-refractivity contribution in [3.05, 3.63) is 29.8 Å². The molecule has 2 heterocycles. The van der Waals surface area contributed by atoms with Gasteiger partial charge in [-0.15, -0.1) is 12.4 Å². The van der Waals surface area contributed by atoms with Gasteiger partial charge in [-0.25, -0.2) is 0 Å². The Bertz CT molecular complexity index is 817. The number of nitrogens with one attached hydrogen (secondary N) is 1. The Labute approximate surface area is 211 Å². The van der Waals surface area contributed by atoms with Gasteiger partial charge in [0.15, 0.2) is 0 Å². The van der Waals surface area contributed by atoms with E-state index in [1.165, 1.54) is 18.4 Å². The molecule has 0 bridgehead atoms. The first-order valence-electron chi connectivity index (χ1n) is 13.0. The number of piperazine rings is 1. The normalized spacial score (nSPS) is 22.6. The third kappa shape index (κ3) is 6.25. The maximum atomic E-state index is 13.4. The molecule has 1 aromatic carbocycles. The molecule has 2 aliphatic heterocycles. The van der Waals surface area contributed by atoms with Crippen LogP contribution in [0.25, 0.3) is 0 Å². The van der Waals surface area contributed by atoms with Gasteiger partial charge >= 0.3 is 0 Å². The zero-order valence-electron chi connectivity index (χ0n) is 21.1. The van der Waals surface area contributed by atoms with Gasteiger partial charge in [0.1, 0.15) is 17.3 Å². The third-order valence-electron chi connectivity index (χ3n) is 7.45. The third-order valence-corrected chi connectivity index (χ3v) is 7.45. The summed E-state index contributed by atoms with van der Waals surface area (Å²) in [6, 6.07) is 8.05. The van der Waals surface area contributed by atoms with Crippen LogP contribution >= 0.6 is 12.4 Å². The summed E-state index contributed by atoms with van der Waals surface area (Å²) in [4.78, 5) is 31.1. The molecule has 34 heavy (non-hydrogen) atoms. The fraction of sp³-hybridized carbons (Fsp3) is 0.704. The highest BCUT2D eigenvalue weighted by atomic mass is 35.5. The van der Waals surface area contributed by atoms with Gasteiger partial charge in [-0.1, -0.05) is 39.3 Å². The molecule has 2 saturated heterocycles. The minimum Gasteiger partial charge on any atom is -0.493 e. The van der Waals surface area contributed by atoms with Crippen molar-refractivity contribution in [2.45, 2.75) is 83.8 Å². The van der Waals surface area contributed by atoms with Crippen molar-refractivity contribution in [3.63, 3.8) is 0 Å². The Morgan fingerprint density at radius 2 is 1.79 bits per heavy atom. The smallest absolute Gasteiger partial charge is 0.246 e. The van der Waals surface area contributed by atoms with E-state index in [9.17, 15) is 9.59 Å². The average molecular weight is 492 g/mol. The number of carbonyl (C=O) groups excluding carboxylic acids is 2. The summed E-state index contributed by atoms with van der Waals surface area (Å²) in [7, 11) is 0. The van der Waals surface area contributed by atoms with E-state index >= 15 is 0 Å². The Kier molecular flexibility index (Phi) is 9.27. The highest BCUT2D eigenvalue weighted by molar-refractivity contribution is 6.00. The molecule has 1 aliphatic carbocycles. The fourth-order valence-electron chi connectivity index (χ4n) is 5.17. The molecule has 2 amide bonds. The van der Waals surface area contributed by atoms with Crippen LogP contribution in [0.2, 0.25) is 0 Å². The van der Waals surface area contributed by atoms with Crippen molar-refractivity contribution >= 4 is 24.2 Å². The highest BCUT2D eigenvalue weighted by Crippen LogP contribution is 2.35. The van der Waals surface area contributed by atoms with Crippen LogP contribution in [0.3, 0.4) is 0 Å². The van der Waals surface area contributed by atoms with Crippen molar-refractivity contribution in [1.82, 2.24) is 15.1 Å². The minimum atomic E-state index is -0.684. The Morgan fingerprint density at radius 1 is 1.12 bits per heavy atom. The lowest BCUT2D eigenvalue weighted by molar-refractivity contribution is -0.161. The monoisotopic (exact) mass is 491 g/mol. The van der Waals surface area contributed by atoms with E-state index in [1.54, 1.807) is 0 Å². The van der Waals surface area contributed by atoms with E-state index in [2.05, 4.69) is 55.3 Å². The van der Waals surface area contributed by atoms with Gasteiger partial charge in [-0.3, -0.25) is 14.5 Å². The number of likely N-dealkylation sites (tertiary alicyclic amines) is 1. The predicted octanol–water partition coefficient (Wildman–Crippen LogP) is 4.41. The number of nitrogens with zero attached hydrogens (tertiary/aromatic N) is 2. The second-order valence-corrected chi connectivity index (χ2v) is 10.7. The topological polar surface area (TPSA) is 61.9 Å². The van der Waals surface area contributed by atoms with Crippen LogP contribution in [-0.2, 0) is 16.1 Å². The predicted molar refractivity (Wildman–Crippen MR) is 137 cm³/mol. The first-order valence-corrected chi connectivity index (χ1v) is 13.0. The van der Waals surface area contributed by atoms with Crippen LogP contribution in [0.15, 0.2) is 24.3 Å². The molecule has 1 atom stereocenters. The lowest BCUT2D eigenvalue weighted by Crippen LogP contribution is -2.73. The summed E-state index contributed by atoms with van der Waals surface area (Å²) in [5, 5.41) is 3.10. The molecular weight excluding hydrogens is 450 g/mol. The number of benzene rings is 1. The summed E-state index contributed by atoms with van der Waals surface area (Å²) in [6.07, 6.45) is 6.65. The molecule has 0 radical (unpaired) electrons. The van der Waals surface area contributed by atoms with Crippen molar-refractivity contribution in [1.29, 1.82) is 0 Å². The molecule has 1 saturated carbocycles. The van der Waals surface area contributed by atoms with Crippen LogP contribution < -0.4 is 10.1 Å². The van der Waals surface area contributed by atoms with E-state index in [4.69, 9.17) is 4.74 Å². The number of hydrogen-bond acceptors (Lipinski definition) is 4. The maximum absolute atomic E-state index is 13.4. The SMILES string of the molecule is CCCCN1C(=O)C(CC(C)C)NC(=O)C12CCN(Cc1ccc(OCC3CC3)cc1)CC2.Cl. The minimum absolute atomic E-state index is 0. The molecular formula is C27H42ClN3O3. The van der Waals surface area contributed by atoms with Gasteiger partial charge in [0.25, 0.3) is 0 Å². The molecule has 1 aromatic rings. The zero-order chi connectivity index (χ0) is 23.4. The first kappa shape index (κ1) is 26.8. The Morgan fingerprint density at radius 3 is 2.38 bits per heavy atom. The van der Waals surface area contributed by atoms with Gasteiger partial charge in [0.2, 0.25) is 11.8 Å². The second-order valence-electron chi connectivity index (χ2n) is 10.7. The molecule has 4 rings (SSSR count). The molecule has 1 spiro atoms. The van der Waals surface area contributed by atoms with Gasteiger partial charge in [0.05, 0.1) is 6.61 Å². The van der Waals surface area contributed by atoms with Crippen LogP contribution in [0.5, 0.6) is 5.75 Å². The highest BCUT2D eigenvalue weighted by Gasteiger charge is 2.53. The first-order chi connectivity index (χ1) is 15.9. The maximum Gasteiger partial charge on any atom is 0.246 e. The van der Waals surface area contributed by atoms with Gasteiger partial charge in [0, 0.05) is 26.2 Å². The lowest BCUT2D eigenvalue weighted by atomic mass is 9.80. The molecule has 3 fully saturated rings. The zero-order valence-corrected chi connectivity index (χ0v) is 21.9. The van der Waals surface area contributed by atoms with Crippen molar-refractivity contribution in [2.75, 3.05) is 26.2 Å².